The fourth-order valence-corrected chi connectivity index (χ4v) is 5.08. The van der Waals surface area contributed by atoms with E-state index in [1.165, 1.54) is 48.5 Å². The lowest BCUT2D eigenvalue weighted by Crippen LogP contribution is -1.94. The number of allylic oxidation sites excluding steroid dienone is 1. The molecule has 1 heteroatoms. The summed E-state index contributed by atoms with van der Waals surface area (Å²) in [7, 11) is 0. The fraction of sp³-hybridized carbons (Fsp3) is 0.0345. The van der Waals surface area contributed by atoms with Gasteiger partial charge in [0.15, 0.2) is 0 Å². The highest BCUT2D eigenvalue weighted by atomic mass is 14.6. The molecule has 0 unspecified atom stereocenters. The van der Waals surface area contributed by atoms with Crippen molar-refractivity contribution in [3.05, 3.63) is 96.6 Å². The Bertz CT molecular complexity index is 1650. The standard InChI is InChI=1S/C29H21N/c1-2-9-18-16-17-25-27-22-13-6-4-11-20(22)19-10-3-5-12-21(19)26(27)23-14-7-8-15-24(23)28(25)29(18)30/h2-17H,30H2,1H3/b9-2-. The van der Waals surface area contributed by atoms with Crippen LogP contribution in [0.4, 0.5) is 5.69 Å². The number of rotatable bonds is 1. The molecule has 0 aliphatic rings. The van der Waals surface area contributed by atoms with Gasteiger partial charge in [-0.15, -0.1) is 0 Å². The van der Waals surface area contributed by atoms with E-state index in [1.807, 2.05) is 13.0 Å². The molecule has 142 valence electrons. The number of hydrogen-bond acceptors (Lipinski definition) is 1. The smallest absolute Gasteiger partial charge is 0.0473 e. The molecule has 0 aliphatic carbocycles. The average Bonchev–Trinajstić information content (AvgIpc) is 2.80. The molecule has 0 fully saturated rings. The van der Waals surface area contributed by atoms with Gasteiger partial charge in [0.25, 0.3) is 0 Å². The Hall–Kier alpha value is -3.84. The van der Waals surface area contributed by atoms with E-state index in [4.69, 9.17) is 5.73 Å². The fourth-order valence-electron chi connectivity index (χ4n) is 5.08. The van der Waals surface area contributed by atoms with Gasteiger partial charge in [0.2, 0.25) is 0 Å². The number of fused-ring (bicyclic) bond motifs is 11. The maximum Gasteiger partial charge on any atom is 0.0473 e. The molecule has 0 atom stereocenters. The number of anilines is 1. The summed E-state index contributed by atoms with van der Waals surface area (Å²) < 4.78 is 0. The molecule has 30 heavy (non-hydrogen) atoms. The van der Waals surface area contributed by atoms with Gasteiger partial charge in [-0.3, -0.25) is 0 Å². The minimum atomic E-state index is 0.848. The molecule has 0 aliphatic heterocycles. The highest BCUT2D eigenvalue weighted by molar-refractivity contribution is 6.40. The van der Waals surface area contributed by atoms with Crippen LogP contribution in [0, 0.1) is 0 Å². The molecule has 0 radical (unpaired) electrons. The van der Waals surface area contributed by atoms with E-state index in [-0.39, 0.29) is 0 Å². The van der Waals surface area contributed by atoms with Crippen LogP contribution in [-0.2, 0) is 0 Å². The van der Waals surface area contributed by atoms with Crippen molar-refractivity contribution in [2.75, 3.05) is 5.73 Å². The van der Waals surface area contributed by atoms with Gasteiger partial charge >= 0.3 is 0 Å². The molecular weight excluding hydrogens is 362 g/mol. The van der Waals surface area contributed by atoms with Crippen molar-refractivity contribution in [1.29, 1.82) is 0 Å². The first-order valence-electron chi connectivity index (χ1n) is 10.4. The SMILES string of the molecule is C/C=C\c1ccc2c(c1N)c1ccccc1c1c3ccccc3c3ccccc3c21. The first kappa shape index (κ1) is 17.1. The molecule has 0 saturated heterocycles. The number of nitrogens with two attached hydrogens (primary N) is 1. The first-order chi connectivity index (χ1) is 14.8. The zero-order valence-corrected chi connectivity index (χ0v) is 16.8. The van der Waals surface area contributed by atoms with Gasteiger partial charge in [-0.2, -0.15) is 0 Å². The third kappa shape index (κ3) is 2.18. The van der Waals surface area contributed by atoms with E-state index in [0.717, 1.165) is 16.6 Å². The summed E-state index contributed by atoms with van der Waals surface area (Å²) in [6, 6.07) is 30.6. The molecule has 0 aromatic heterocycles. The number of benzene rings is 6. The summed E-state index contributed by atoms with van der Waals surface area (Å²) >= 11 is 0. The average molecular weight is 383 g/mol. The Morgan fingerprint density at radius 3 is 1.47 bits per heavy atom. The molecule has 0 heterocycles. The molecule has 0 saturated carbocycles. The summed E-state index contributed by atoms with van der Waals surface area (Å²) in [5.74, 6) is 0. The molecular formula is C29H21N. The third-order valence-corrected chi connectivity index (χ3v) is 6.29. The molecule has 6 aromatic rings. The predicted molar refractivity (Wildman–Crippen MR) is 133 cm³/mol. The molecule has 1 nitrogen and oxygen atoms in total. The lowest BCUT2D eigenvalue weighted by atomic mass is 9.86. The Kier molecular flexibility index (Phi) is 3.60. The van der Waals surface area contributed by atoms with Crippen molar-refractivity contribution in [3.8, 4) is 0 Å². The van der Waals surface area contributed by atoms with Gasteiger partial charge in [0, 0.05) is 11.1 Å². The third-order valence-electron chi connectivity index (χ3n) is 6.29. The van der Waals surface area contributed by atoms with Crippen molar-refractivity contribution in [1.82, 2.24) is 0 Å². The molecule has 6 aromatic carbocycles. The van der Waals surface area contributed by atoms with Gasteiger partial charge in [-0.1, -0.05) is 97.1 Å². The Labute approximate surface area is 175 Å². The second-order valence-electron chi connectivity index (χ2n) is 7.88. The molecule has 0 spiro atoms. The van der Waals surface area contributed by atoms with E-state index in [0.29, 0.717) is 0 Å². The monoisotopic (exact) mass is 383 g/mol. The van der Waals surface area contributed by atoms with Crippen LogP contribution in [0.2, 0.25) is 0 Å². The van der Waals surface area contributed by atoms with Crippen LogP contribution in [0.1, 0.15) is 12.5 Å². The van der Waals surface area contributed by atoms with Gasteiger partial charge < -0.3 is 5.73 Å². The van der Waals surface area contributed by atoms with Gasteiger partial charge in [0.05, 0.1) is 0 Å². The molecule has 2 N–H and O–H groups in total. The van der Waals surface area contributed by atoms with Crippen LogP contribution < -0.4 is 5.73 Å². The van der Waals surface area contributed by atoms with Crippen LogP contribution in [-0.4, -0.2) is 0 Å². The first-order valence-corrected chi connectivity index (χ1v) is 10.4. The summed E-state index contributed by atoms with van der Waals surface area (Å²) in [6.45, 7) is 2.03. The van der Waals surface area contributed by atoms with Crippen LogP contribution in [0.5, 0.6) is 0 Å². The van der Waals surface area contributed by atoms with Crippen molar-refractivity contribution >= 4 is 65.6 Å². The van der Waals surface area contributed by atoms with Gasteiger partial charge in [-0.25, -0.2) is 0 Å². The highest BCUT2D eigenvalue weighted by Crippen LogP contribution is 2.45. The maximum absolute atomic E-state index is 6.77. The topological polar surface area (TPSA) is 26.0 Å². The highest BCUT2D eigenvalue weighted by Gasteiger charge is 2.17. The van der Waals surface area contributed by atoms with E-state index in [1.54, 1.807) is 0 Å². The molecule has 0 bridgehead atoms. The van der Waals surface area contributed by atoms with Crippen LogP contribution in [0.15, 0.2) is 91.0 Å². The number of nitrogen functional groups attached to an aromatic ring is 1. The summed E-state index contributed by atoms with van der Waals surface area (Å²) in [4.78, 5) is 0. The Balaban J connectivity index is 2.06. The Morgan fingerprint density at radius 2 is 0.933 bits per heavy atom. The maximum atomic E-state index is 6.77. The van der Waals surface area contributed by atoms with Crippen molar-refractivity contribution < 1.29 is 0 Å². The van der Waals surface area contributed by atoms with E-state index >= 15 is 0 Å². The normalized spacial score (nSPS) is 12.2. The quantitative estimate of drug-likeness (QED) is 0.225. The Morgan fingerprint density at radius 1 is 0.500 bits per heavy atom. The second-order valence-corrected chi connectivity index (χ2v) is 7.88. The van der Waals surface area contributed by atoms with E-state index < -0.39 is 0 Å². The largest absolute Gasteiger partial charge is 0.398 e. The van der Waals surface area contributed by atoms with Crippen LogP contribution >= 0.6 is 0 Å². The van der Waals surface area contributed by atoms with Crippen molar-refractivity contribution in [2.24, 2.45) is 0 Å². The zero-order valence-electron chi connectivity index (χ0n) is 16.8. The van der Waals surface area contributed by atoms with Crippen LogP contribution in [0.25, 0.3) is 59.9 Å². The summed E-state index contributed by atoms with van der Waals surface area (Å²) in [6.07, 6.45) is 4.13. The molecule has 0 amide bonds. The summed E-state index contributed by atoms with van der Waals surface area (Å²) in [5.41, 5.74) is 8.68. The number of hydrogen-bond donors (Lipinski definition) is 1. The summed E-state index contributed by atoms with van der Waals surface area (Å²) in [5, 5.41) is 12.6. The van der Waals surface area contributed by atoms with Gasteiger partial charge in [-0.05, 0) is 61.0 Å². The minimum Gasteiger partial charge on any atom is -0.398 e. The zero-order chi connectivity index (χ0) is 20.2. The minimum absolute atomic E-state index is 0.848. The van der Waals surface area contributed by atoms with E-state index in [9.17, 15) is 0 Å². The van der Waals surface area contributed by atoms with E-state index in [2.05, 4.69) is 91.0 Å². The molecule has 6 rings (SSSR count). The predicted octanol–water partition coefficient (Wildman–Crippen LogP) is 8.07. The van der Waals surface area contributed by atoms with Crippen molar-refractivity contribution in [2.45, 2.75) is 6.92 Å². The second kappa shape index (κ2) is 6.33. The lowest BCUT2D eigenvalue weighted by Gasteiger charge is -2.18. The van der Waals surface area contributed by atoms with Crippen molar-refractivity contribution in [3.63, 3.8) is 0 Å². The van der Waals surface area contributed by atoms with Gasteiger partial charge in [0.1, 0.15) is 0 Å². The lowest BCUT2D eigenvalue weighted by molar-refractivity contribution is 1.69. The van der Waals surface area contributed by atoms with Crippen LogP contribution in [0.3, 0.4) is 0 Å².